The molecule has 3 rings (SSSR count). The van der Waals surface area contributed by atoms with Crippen molar-refractivity contribution in [1.29, 1.82) is 5.26 Å². The van der Waals surface area contributed by atoms with E-state index in [1.807, 2.05) is 13.0 Å². The number of rotatable bonds is 5. The maximum absolute atomic E-state index is 13.0. The number of aromatic amines is 1. The minimum Gasteiger partial charge on any atom is -0.352 e. The van der Waals surface area contributed by atoms with Crippen LogP contribution in [0.3, 0.4) is 0 Å². The van der Waals surface area contributed by atoms with E-state index < -0.39 is 11.7 Å². The largest absolute Gasteiger partial charge is 0.417 e. The number of hydrogen-bond acceptors (Lipinski definition) is 5. The van der Waals surface area contributed by atoms with Crippen LogP contribution in [-0.2, 0) is 6.18 Å². The summed E-state index contributed by atoms with van der Waals surface area (Å²) in [5.41, 5.74) is 0.217. The first kappa shape index (κ1) is 18.6. The molecule has 1 atom stereocenters. The smallest absolute Gasteiger partial charge is 0.352 e. The molecule has 0 saturated heterocycles. The molecule has 0 radical (unpaired) electrons. The molecule has 9 heteroatoms. The first-order chi connectivity index (χ1) is 12.8. The Hall–Kier alpha value is -3.15. The third kappa shape index (κ3) is 3.84. The van der Waals surface area contributed by atoms with E-state index in [1.54, 1.807) is 0 Å². The van der Waals surface area contributed by atoms with Gasteiger partial charge in [0.05, 0.1) is 23.0 Å². The van der Waals surface area contributed by atoms with Crippen molar-refractivity contribution in [2.24, 2.45) is 0 Å². The number of nitriles is 1. The summed E-state index contributed by atoms with van der Waals surface area (Å²) >= 11 is 0. The number of anilines is 1. The van der Waals surface area contributed by atoms with Crippen molar-refractivity contribution in [2.75, 3.05) is 5.32 Å². The van der Waals surface area contributed by atoms with E-state index in [9.17, 15) is 18.4 Å². The van der Waals surface area contributed by atoms with Crippen molar-refractivity contribution in [2.45, 2.75) is 38.9 Å². The predicted octanol–water partition coefficient (Wildman–Crippen LogP) is 4.51. The number of nitrogens with zero attached hydrogens (tertiary/aromatic N) is 4. The Labute approximate surface area is 153 Å². The lowest BCUT2D eigenvalue weighted by Crippen LogP contribution is -2.17. The average molecular weight is 374 g/mol. The van der Waals surface area contributed by atoms with Gasteiger partial charge in [-0.2, -0.15) is 18.4 Å². The lowest BCUT2D eigenvalue weighted by atomic mass is 10.1. The van der Waals surface area contributed by atoms with Crippen molar-refractivity contribution >= 4 is 17.0 Å². The number of hydrogen-bond donors (Lipinski definition) is 2. The molecule has 0 aromatic carbocycles. The fourth-order valence-electron chi connectivity index (χ4n) is 2.82. The Balaban J connectivity index is 2.11. The van der Waals surface area contributed by atoms with E-state index in [-0.39, 0.29) is 28.3 Å². The fourth-order valence-corrected chi connectivity index (χ4v) is 2.82. The van der Waals surface area contributed by atoms with Crippen LogP contribution >= 0.6 is 0 Å². The van der Waals surface area contributed by atoms with Gasteiger partial charge in [0.1, 0.15) is 11.7 Å². The van der Waals surface area contributed by atoms with Gasteiger partial charge in [-0.1, -0.05) is 13.3 Å². The zero-order valence-corrected chi connectivity index (χ0v) is 14.7. The van der Waals surface area contributed by atoms with Crippen LogP contribution in [0.5, 0.6) is 0 Å². The van der Waals surface area contributed by atoms with E-state index in [1.165, 1.54) is 12.4 Å². The Bertz CT molecular complexity index is 1000. The van der Waals surface area contributed by atoms with E-state index >= 15 is 0 Å². The van der Waals surface area contributed by atoms with Gasteiger partial charge in [0, 0.05) is 29.4 Å². The topological polar surface area (TPSA) is 90.3 Å². The average Bonchev–Trinajstić information content (AvgIpc) is 3.04. The lowest BCUT2D eigenvalue weighted by Gasteiger charge is -2.13. The van der Waals surface area contributed by atoms with Crippen LogP contribution in [-0.4, -0.2) is 26.0 Å². The number of nitrogens with one attached hydrogen (secondary N) is 2. The van der Waals surface area contributed by atoms with Gasteiger partial charge in [-0.25, -0.2) is 15.0 Å². The summed E-state index contributed by atoms with van der Waals surface area (Å²) in [6.07, 6.45) is 1.01. The minimum atomic E-state index is -4.51. The van der Waals surface area contributed by atoms with Crippen LogP contribution in [0.2, 0.25) is 0 Å². The highest BCUT2D eigenvalue weighted by molar-refractivity contribution is 5.94. The van der Waals surface area contributed by atoms with Gasteiger partial charge in [0.25, 0.3) is 0 Å². The first-order valence-electron chi connectivity index (χ1n) is 8.41. The maximum Gasteiger partial charge on any atom is 0.417 e. The molecule has 2 N–H and O–H groups in total. The summed E-state index contributed by atoms with van der Waals surface area (Å²) in [4.78, 5) is 15.2. The Morgan fingerprint density at radius 2 is 2.07 bits per heavy atom. The fraction of sp³-hybridized carbons (Fsp3) is 0.333. The van der Waals surface area contributed by atoms with Crippen molar-refractivity contribution in [1.82, 2.24) is 19.9 Å². The normalized spacial score (nSPS) is 12.7. The Kier molecular flexibility index (Phi) is 4.99. The molecule has 0 saturated carbocycles. The summed E-state index contributed by atoms with van der Waals surface area (Å²) in [7, 11) is 0. The highest BCUT2D eigenvalue weighted by Gasteiger charge is 2.31. The van der Waals surface area contributed by atoms with Gasteiger partial charge in [0.2, 0.25) is 5.95 Å². The van der Waals surface area contributed by atoms with Crippen LogP contribution in [0.1, 0.15) is 37.8 Å². The maximum atomic E-state index is 13.0. The third-order valence-corrected chi connectivity index (χ3v) is 4.12. The summed E-state index contributed by atoms with van der Waals surface area (Å²) in [6.45, 7) is 4.04. The van der Waals surface area contributed by atoms with E-state index in [0.717, 1.165) is 25.1 Å². The van der Waals surface area contributed by atoms with Crippen LogP contribution in [0.4, 0.5) is 19.1 Å². The van der Waals surface area contributed by atoms with Crippen molar-refractivity contribution < 1.29 is 13.2 Å². The van der Waals surface area contributed by atoms with Crippen LogP contribution < -0.4 is 5.32 Å². The second kappa shape index (κ2) is 7.23. The van der Waals surface area contributed by atoms with Gasteiger partial charge in [-0.15, -0.1) is 0 Å². The molecule has 0 aliphatic heterocycles. The predicted molar refractivity (Wildman–Crippen MR) is 94.8 cm³/mol. The molecular formula is C18H17F3N6. The molecule has 1 unspecified atom stereocenters. The quantitative estimate of drug-likeness (QED) is 0.686. The molecule has 0 aliphatic carbocycles. The number of aromatic nitrogens is 4. The molecule has 3 aromatic heterocycles. The van der Waals surface area contributed by atoms with Crippen LogP contribution in [0.15, 0.2) is 24.7 Å². The van der Waals surface area contributed by atoms with Gasteiger partial charge in [0.15, 0.2) is 0 Å². The van der Waals surface area contributed by atoms with E-state index in [4.69, 9.17) is 0 Å². The molecular weight excluding hydrogens is 357 g/mol. The summed E-state index contributed by atoms with van der Waals surface area (Å²) < 4.78 is 39.1. The highest BCUT2D eigenvalue weighted by Crippen LogP contribution is 2.34. The Morgan fingerprint density at radius 1 is 1.30 bits per heavy atom. The molecule has 0 spiro atoms. The number of pyridine rings is 1. The monoisotopic (exact) mass is 374 g/mol. The standard InChI is InChI=1S/C18H17F3N6/c1-3-4-10(2)26-17-25-7-11(6-22)15(27-17)14-9-24-16-13(14)5-12(8-23-16)18(19,20)21/h5,7-10H,3-4H2,1-2H3,(H,23,24)(H,25,26,27). The molecule has 140 valence electrons. The SMILES string of the molecule is CCCC(C)Nc1ncc(C#N)c(-c2c[nH]c3ncc(C(F)(F)F)cc23)n1. The molecule has 6 nitrogen and oxygen atoms in total. The zero-order valence-electron chi connectivity index (χ0n) is 14.7. The number of H-pyrrole nitrogens is 1. The molecule has 27 heavy (non-hydrogen) atoms. The number of alkyl halides is 3. The number of halogens is 3. The molecule has 0 fully saturated rings. The molecule has 0 bridgehead atoms. The van der Waals surface area contributed by atoms with Crippen LogP contribution in [0, 0.1) is 11.3 Å². The summed E-state index contributed by atoms with van der Waals surface area (Å²) in [6, 6.07) is 3.12. The highest BCUT2D eigenvalue weighted by atomic mass is 19.4. The van der Waals surface area contributed by atoms with Crippen molar-refractivity contribution in [3.63, 3.8) is 0 Å². The van der Waals surface area contributed by atoms with Crippen molar-refractivity contribution in [3.8, 4) is 17.3 Å². The third-order valence-electron chi connectivity index (χ3n) is 4.12. The van der Waals surface area contributed by atoms with Gasteiger partial charge >= 0.3 is 6.18 Å². The van der Waals surface area contributed by atoms with Gasteiger partial charge in [-0.3, -0.25) is 0 Å². The number of fused-ring (bicyclic) bond motifs is 1. The molecule has 3 heterocycles. The van der Waals surface area contributed by atoms with E-state index in [2.05, 4.69) is 32.2 Å². The Morgan fingerprint density at radius 3 is 2.74 bits per heavy atom. The molecule has 0 aliphatic rings. The van der Waals surface area contributed by atoms with Gasteiger partial charge in [-0.05, 0) is 19.4 Å². The first-order valence-corrected chi connectivity index (χ1v) is 8.41. The molecule has 3 aromatic rings. The van der Waals surface area contributed by atoms with Crippen LogP contribution in [0.25, 0.3) is 22.3 Å². The molecule has 0 amide bonds. The second-order valence-corrected chi connectivity index (χ2v) is 6.22. The van der Waals surface area contributed by atoms with E-state index in [0.29, 0.717) is 11.5 Å². The summed E-state index contributed by atoms with van der Waals surface area (Å²) in [5.74, 6) is 0.319. The minimum absolute atomic E-state index is 0.122. The van der Waals surface area contributed by atoms with Gasteiger partial charge < -0.3 is 10.3 Å². The van der Waals surface area contributed by atoms with Crippen molar-refractivity contribution in [3.05, 3.63) is 35.8 Å². The second-order valence-electron chi connectivity index (χ2n) is 6.22. The summed E-state index contributed by atoms with van der Waals surface area (Å²) in [5, 5.41) is 12.8. The lowest BCUT2D eigenvalue weighted by molar-refractivity contribution is -0.137. The zero-order chi connectivity index (χ0) is 19.6.